The van der Waals surface area contributed by atoms with Gasteiger partial charge in [0, 0.05) is 43.9 Å². The van der Waals surface area contributed by atoms with Crippen LogP contribution < -0.4 is 15.2 Å². The first-order valence-corrected chi connectivity index (χ1v) is 10.8. The lowest BCUT2D eigenvalue weighted by Gasteiger charge is -2.15. The molecule has 0 unspecified atom stereocenters. The van der Waals surface area contributed by atoms with E-state index in [1.165, 1.54) is 25.3 Å². The summed E-state index contributed by atoms with van der Waals surface area (Å²) in [5, 5.41) is 4.51. The third-order valence-electron chi connectivity index (χ3n) is 5.28. The number of benzene rings is 3. The van der Waals surface area contributed by atoms with E-state index < -0.39 is 23.3 Å². The normalized spacial score (nSPS) is 11.7. The Labute approximate surface area is 204 Å². The highest BCUT2D eigenvalue weighted by Crippen LogP contribution is 2.32. The lowest BCUT2D eigenvalue weighted by atomic mass is 10.1. The number of halogens is 3. The van der Waals surface area contributed by atoms with Gasteiger partial charge in [0.2, 0.25) is 0 Å². The van der Waals surface area contributed by atoms with Crippen molar-refractivity contribution in [2.45, 2.75) is 13.1 Å². The molecule has 0 aliphatic carbocycles. The van der Waals surface area contributed by atoms with Gasteiger partial charge < -0.3 is 9.64 Å². The number of ether oxygens (including phenoxy) is 1. The van der Waals surface area contributed by atoms with Crippen LogP contribution in [0.5, 0.6) is 5.75 Å². The van der Waals surface area contributed by atoms with Crippen molar-refractivity contribution in [2.24, 2.45) is 5.10 Å². The Balaban J connectivity index is 1.91. The van der Waals surface area contributed by atoms with Crippen molar-refractivity contribution in [1.29, 1.82) is 0 Å². The molecule has 1 aromatic heterocycles. The minimum absolute atomic E-state index is 0.0630. The molecular formula is C26H21F3N4O3. The highest BCUT2D eigenvalue weighted by atomic mass is 19.4. The Morgan fingerprint density at radius 2 is 1.81 bits per heavy atom. The van der Waals surface area contributed by atoms with E-state index in [4.69, 9.17) is 4.74 Å². The first-order valence-electron chi connectivity index (χ1n) is 10.8. The van der Waals surface area contributed by atoms with Crippen LogP contribution in [-0.2, 0) is 11.0 Å². The summed E-state index contributed by atoms with van der Waals surface area (Å²) < 4.78 is 46.3. The van der Waals surface area contributed by atoms with E-state index in [0.717, 1.165) is 22.5 Å². The van der Waals surface area contributed by atoms with Crippen LogP contribution in [0.1, 0.15) is 18.1 Å². The molecule has 0 saturated heterocycles. The maximum atomic E-state index is 13.4. The summed E-state index contributed by atoms with van der Waals surface area (Å²) in [6, 6.07) is 16.1. The first kappa shape index (κ1) is 24.6. The van der Waals surface area contributed by atoms with Crippen LogP contribution in [0.4, 0.5) is 18.9 Å². The van der Waals surface area contributed by atoms with Crippen LogP contribution in [0, 0.1) is 0 Å². The number of hydrogen-bond donors (Lipinski definition) is 0. The molecular weight excluding hydrogens is 473 g/mol. The molecule has 184 valence electrons. The van der Waals surface area contributed by atoms with Gasteiger partial charge in [-0.1, -0.05) is 24.3 Å². The van der Waals surface area contributed by atoms with Crippen molar-refractivity contribution in [3.63, 3.8) is 0 Å². The number of aromatic nitrogens is 2. The Bertz CT molecular complexity index is 1540. The molecule has 4 aromatic rings. The van der Waals surface area contributed by atoms with Crippen LogP contribution in [0.15, 0.2) is 76.6 Å². The zero-order chi connectivity index (χ0) is 26.0. The summed E-state index contributed by atoms with van der Waals surface area (Å²) in [7, 11) is 3.64. The number of rotatable bonds is 5. The highest BCUT2D eigenvalue weighted by Gasteiger charge is 2.31. The molecule has 0 spiro atoms. The molecule has 10 heteroatoms. The number of esters is 1. The van der Waals surface area contributed by atoms with Crippen LogP contribution in [-0.4, -0.2) is 35.9 Å². The van der Waals surface area contributed by atoms with Gasteiger partial charge in [-0.2, -0.15) is 22.9 Å². The number of nitrogens with zero attached hydrogens (tertiary/aromatic N) is 4. The molecule has 0 radical (unpaired) electrons. The molecule has 0 amide bonds. The second-order valence-corrected chi connectivity index (χ2v) is 8.10. The van der Waals surface area contributed by atoms with Crippen LogP contribution >= 0.6 is 0 Å². The Hall–Kier alpha value is -4.47. The SMILES string of the molecule is CC(=O)Oc1cc(N(C)C)ccc1C=Nn1c(-c2cccc(C(F)(F)F)c2)nc2ccccc2c1=O. The number of para-hydroxylation sites is 1. The monoisotopic (exact) mass is 494 g/mol. The number of alkyl halides is 3. The minimum Gasteiger partial charge on any atom is -0.426 e. The van der Waals surface area contributed by atoms with Crippen molar-refractivity contribution in [1.82, 2.24) is 9.66 Å². The lowest BCUT2D eigenvalue weighted by molar-refractivity contribution is -0.137. The fraction of sp³-hybridized carbons (Fsp3) is 0.154. The highest BCUT2D eigenvalue weighted by molar-refractivity contribution is 5.87. The van der Waals surface area contributed by atoms with Gasteiger partial charge >= 0.3 is 12.1 Å². The van der Waals surface area contributed by atoms with Crippen molar-refractivity contribution < 1.29 is 22.7 Å². The molecule has 3 aromatic carbocycles. The third-order valence-corrected chi connectivity index (χ3v) is 5.28. The van der Waals surface area contributed by atoms with Gasteiger partial charge in [0.15, 0.2) is 5.82 Å². The molecule has 0 bridgehead atoms. The lowest BCUT2D eigenvalue weighted by Crippen LogP contribution is -2.20. The van der Waals surface area contributed by atoms with Gasteiger partial charge in [-0.25, -0.2) is 4.98 Å². The summed E-state index contributed by atoms with van der Waals surface area (Å²) in [5.41, 5.74) is 0.0753. The van der Waals surface area contributed by atoms with Gasteiger partial charge in [0.05, 0.1) is 22.7 Å². The summed E-state index contributed by atoms with van der Waals surface area (Å²) in [6.07, 6.45) is -3.28. The fourth-order valence-corrected chi connectivity index (χ4v) is 3.52. The van der Waals surface area contributed by atoms with Crippen LogP contribution in [0.25, 0.3) is 22.3 Å². The second-order valence-electron chi connectivity index (χ2n) is 8.10. The van der Waals surface area contributed by atoms with Crippen molar-refractivity contribution in [3.05, 3.63) is 88.2 Å². The Morgan fingerprint density at radius 1 is 1.06 bits per heavy atom. The van der Waals surface area contributed by atoms with Gasteiger partial charge in [0.1, 0.15) is 5.75 Å². The molecule has 0 atom stereocenters. The smallest absolute Gasteiger partial charge is 0.416 e. The molecule has 0 aliphatic rings. The second kappa shape index (κ2) is 9.65. The molecule has 4 rings (SSSR count). The average molecular weight is 494 g/mol. The number of anilines is 1. The first-order chi connectivity index (χ1) is 17.0. The minimum atomic E-state index is -4.58. The van der Waals surface area contributed by atoms with Gasteiger partial charge in [-0.3, -0.25) is 9.59 Å². The molecule has 0 saturated carbocycles. The van der Waals surface area contributed by atoms with Crippen molar-refractivity contribution in [3.8, 4) is 17.1 Å². The van der Waals surface area contributed by atoms with E-state index in [1.54, 1.807) is 42.5 Å². The molecule has 36 heavy (non-hydrogen) atoms. The molecule has 1 heterocycles. The fourth-order valence-electron chi connectivity index (χ4n) is 3.52. The van der Waals surface area contributed by atoms with Crippen LogP contribution in [0.2, 0.25) is 0 Å². The average Bonchev–Trinajstić information content (AvgIpc) is 2.83. The molecule has 0 aliphatic heterocycles. The Kier molecular flexibility index (Phi) is 6.61. The standard InChI is InChI=1S/C26H21F3N4O3/c1-16(34)36-23-14-20(32(2)3)12-11-18(23)15-30-33-24(17-7-6-8-19(13-17)26(27,28)29)31-22-10-5-4-9-21(22)25(33)35/h4-15H,1-3H3. The summed E-state index contributed by atoms with van der Waals surface area (Å²) >= 11 is 0. The molecule has 0 fully saturated rings. The number of carbonyl (C=O) groups excluding carboxylic acids is 1. The van der Waals surface area contributed by atoms with E-state index >= 15 is 0 Å². The maximum Gasteiger partial charge on any atom is 0.416 e. The van der Waals surface area contributed by atoms with Gasteiger partial charge in [0.25, 0.3) is 5.56 Å². The zero-order valence-corrected chi connectivity index (χ0v) is 19.6. The third kappa shape index (κ3) is 5.12. The van der Waals surface area contributed by atoms with E-state index in [-0.39, 0.29) is 22.5 Å². The summed E-state index contributed by atoms with van der Waals surface area (Å²) in [5.74, 6) is -0.408. The van der Waals surface area contributed by atoms with Crippen molar-refractivity contribution >= 4 is 28.8 Å². The van der Waals surface area contributed by atoms with Crippen LogP contribution in [0.3, 0.4) is 0 Å². The summed E-state index contributed by atoms with van der Waals surface area (Å²) in [4.78, 5) is 31.2. The van der Waals surface area contributed by atoms with Gasteiger partial charge in [-0.05, 0) is 36.4 Å². The van der Waals surface area contributed by atoms with E-state index in [9.17, 15) is 22.8 Å². The number of carbonyl (C=O) groups is 1. The predicted octanol–water partition coefficient (Wildman–Crippen LogP) is 4.96. The number of fused-ring (bicyclic) bond motifs is 1. The van der Waals surface area contributed by atoms with E-state index in [1.807, 2.05) is 19.0 Å². The topological polar surface area (TPSA) is 76.8 Å². The maximum absolute atomic E-state index is 13.4. The van der Waals surface area contributed by atoms with E-state index in [0.29, 0.717) is 11.1 Å². The zero-order valence-electron chi connectivity index (χ0n) is 19.6. The summed E-state index contributed by atoms with van der Waals surface area (Å²) in [6.45, 7) is 1.26. The van der Waals surface area contributed by atoms with Crippen molar-refractivity contribution in [2.75, 3.05) is 19.0 Å². The van der Waals surface area contributed by atoms with E-state index in [2.05, 4.69) is 10.1 Å². The molecule has 0 N–H and O–H groups in total. The largest absolute Gasteiger partial charge is 0.426 e. The Morgan fingerprint density at radius 3 is 2.50 bits per heavy atom. The quantitative estimate of drug-likeness (QED) is 0.223. The number of hydrogen-bond acceptors (Lipinski definition) is 6. The molecule has 7 nitrogen and oxygen atoms in total. The van der Waals surface area contributed by atoms with Gasteiger partial charge in [-0.15, -0.1) is 0 Å². The predicted molar refractivity (Wildman–Crippen MR) is 132 cm³/mol.